The molecule has 0 heterocycles. The minimum absolute atomic E-state index is 0.0154. The molecule has 0 bridgehead atoms. The Bertz CT molecular complexity index is 249. The smallest absolute Gasteiger partial charge is 0.0533 e. The molecule has 0 aromatic rings. The standard InChI is InChI=1S/C11H22N2O4/c1-12(2)7-5-11(9(14)15,10(16)17)6-8-13(3)4/h5-8H2,1-4H3,(H,14,15)(H,16,17)/p-2. The highest BCUT2D eigenvalue weighted by Crippen LogP contribution is 2.26. The van der Waals surface area contributed by atoms with Crippen LogP contribution in [0.5, 0.6) is 0 Å². The summed E-state index contributed by atoms with van der Waals surface area (Å²) in [6, 6.07) is 0. The van der Waals surface area contributed by atoms with Crippen LogP contribution in [-0.2, 0) is 9.59 Å². The van der Waals surface area contributed by atoms with Gasteiger partial charge in [0.05, 0.1) is 17.4 Å². The number of hydrogen-bond donors (Lipinski definition) is 0. The van der Waals surface area contributed by atoms with Crippen molar-refractivity contribution in [2.75, 3.05) is 41.3 Å². The number of carboxylic acids is 2. The Balaban J connectivity index is 4.87. The van der Waals surface area contributed by atoms with E-state index in [-0.39, 0.29) is 12.8 Å². The molecule has 0 aromatic heterocycles. The van der Waals surface area contributed by atoms with Gasteiger partial charge in [-0.2, -0.15) is 0 Å². The number of nitrogens with zero attached hydrogens (tertiary/aromatic N) is 2. The zero-order chi connectivity index (χ0) is 13.6. The van der Waals surface area contributed by atoms with E-state index in [1.165, 1.54) is 0 Å². The van der Waals surface area contributed by atoms with Gasteiger partial charge in [-0.25, -0.2) is 0 Å². The maximum Gasteiger partial charge on any atom is 0.0533 e. The molecule has 0 saturated heterocycles. The number of carbonyl (C=O) groups is 2. The minimum atomic E-state index is -1.91. The van der Waals surface area contributed by atoms with Crippen molar-refractivity contribution in [2.24, 2.45) is 5.41 Å². The van der Waals surface area contributed by atoms with Gasteiger partial charge in [-0.3, -0.25) is 0 Å². The zero-order valence-electron chi connectivity index (χ0n) is 10.9. The predicted molar refractivity (Wildman–Crippen MR) is 58.8 cm³/mol. The molecule has 0 unspecified atom stereocenters. The Labute approximate surface area is 102 Å². The van der Waals surface area contributed by atoms with Crippen molar-refractivity contribution in [1.29, 1.82) is 0 Å². The molecular weight excluding hydrogens is 224 g/mol. The van der Waals surface area contributed by atoms with Gasteiger partial charge in [-0.1, -0.05) is 0 Å². The first-order chi connectivity index (χ1) is 7.72. The molecule has 0 rings (SSSR count). The van der Waals surface area contributed by atoms with Gasteiger partial charge >= 0.3 is 0 Å². The van der Waals surface area contributed by atoms with Gasteiger partial charge in [-0.05, 0) is 54.1 Å². The first-order valence-electron chi connectivity index (χ1n) is 5.44. The molecule has 0 aliphatic heterocycles. The molecule has 17 heavy (non-hydrogen) atoms. The molecular formula is C11H20N2O4-2. The number of carboxylic acid groups (broad SMARTS) is 2. The summed E-state index contributed by atoms with van der Waals surface area (Å²) in [5.41, 5.74) is -1.91. The molecule has 0 fully saturated rings. The lowest BCUT2D eigenvalue weighted by Gasteiger charge is -2.37. The highest BCUT2D eigenvalue weighted by Gasteiger charge is 2.33. The van der Waals surface area contributed by atoms with Gasteiger partial charge in [0.2, 0.25) is 0 Å². The second-order valence-electron chi connectivity index (χ2n) is 4.76. The fraction of sp³-hybridized carbons (Fsp3) is 0.818. The lowest BCUT2D eigenvalue weighted by Crippen LogP contribution is -2.55. The average Bonchev–Trinajstić information content (AvgIpc) is 2.16. The molecule has 0 spiro atoms. The summed E-state index contributed by atoms with van der Waals surface area (Å²) >= 11 is 0. The van der Waals surface area contributed by atoms with Crippen LogP contribution in [0.2, 0.25) is 0 Å². The fourth-order valence-corrected chi connectivity index (χ4v) is 1.45. The van der Waals surface area contributed by atoms with Crippen LogP contribution in [0.1, 0.15) is 12.8 Å². The van der Waals surface area contributed by atoms with Gasteiger partial charge in [0, 0.05) is 0 Å². The lowest BCUT2D eigenvalue weighted by atomic mass is 9.81. The van der Waals surface area contributed by atoms with Crippen molar-refractivity contribution in [3.8, 4) is 0 Å². The highest BCUT2D eigenvalue weighted by atomic mass is 16.4. The topological polar surface area (TPSA) is 86.7 Å². The van der Waals surface area contributed by atoms with Gasteiger partial charge < -0.3 is 29.6 Å². The molecule has 0 N–H and O–H groups in total. The lowest BCUT2D eigenvalue weighted by molar-refractivity contribution is -0.344. The third-order valence-electron chi connectivity index (χ3n) is 2.75. The molecule has 100 valence electrons. The van der Waals surface area contributed by atoms with Crippen molar-refractivity contribution in [1.82, 2.24) is 9.80 Å². The number of carbonyl (C=O) groups excluding carboxylic acids is 2. The van der Waals surface area contributed by atoms with Crippen LogP contribution in [0.4, 0.5) is 0 Å². The predicted octanol–water partition coefficient (Wildman–Crippen LogP) is -2.62. The van der Waals surface area contributed by atoms with Crippen molar-refractivity contribution >= 4 is 11.9 Å². The third-order valence-corrected chi connectivity index (χ3v) is 2.75. The summed E-state index contributed by atoms with van der Waals surface area (Å²) in [7, 11) is 7.01. The van der Waals surface area contributed by atoms with E-state index < -0.39 is 17.4 Å². The van der Waals surface area contributed by atoms with Gasteiger partial charge in [0.25, 0.3) is 0 Å². The Morgan fingerprint density at radius 1 is 0.882 bits per heavy atom. The maximum atomic E-state index is 11.1. The van der Waals surface area contributed by atoms with E-state index in [4.69, 9.17) is 0 Å². The normalized spacial score (nSPS) is 12.1. The molecule has 6 heteroatoms. The summed E-state index contributed by atoms with van der Waals surface area (Å²) in [4.78, 5) is 25.7. The third kappa shape index (κ3) is 4.70. The molecule has 0 radical (unpaired) electrons. The Morgan fingerprint density at radius 3 is 1.35 bits per heavy atom. The largest absolute Gasteiger partial charge is 0.549 e. The van der Waals surface area contributed by atoms with Crippen molar-refractivity contribution in [3.05, 3.63) is 0 Å². The van der Waals surface area contributed by atoms with E-state index in [0.717, 1.165) is 0 Å². The summed E-state index contributed by atoms with van der Waals surface area (Å²) < 4.78 is 0. The summed E-state index contributed by atoms with van der Waals surface area (Å²) in [6.07, 6.45) is -0.0307. The molecule has 0 aliphatic rings. The number of aliphatic carboxylic acids is 2. The number of rotatable bonds is 8. The molecule has 6 nitrogen and oxygen atoms in total. The summed E-state index contributed by atoms with van der Waals surface area (Å²) in [5, 5.41) is 22.2. The van der Waals surface area contributed by atoms with E-state index in [0.29, 0.717) is 13.1 Å². The zero-order valence-corrected chi connectivity index (χ0v) is 10.9. The van der Waals surface area contributed by atoms with Crippen LogP contribution < -0.4 is 10.2 Å². The highest BCUT2D eigenvalue weighted by molar-refractivity contribution is 5.96. The average molecular weight is 244 g/mol. The van der Waals surface area contributed by atoms with Crippen LogP contribution in [0, 0.1) is 5.41 Å². The minimum Gasteiger partial charge on any atom is -0.549 e. The van der Waals surface area contributed by atoms with Crippen LogP contribution in [0.3, 0.4) is 0 Å². The second-order valence-corrected chi connectivity index (χ2v) is 4.76. The monoisotopic (exact) mass is 244 g/mol. The maximum absolute atomic E-state index is 11.1. The summed E-state index contributed by atoms with van der Waals surface area (Å²) in [6.45, 7) is 0.713. The Hall–Kier alpha value is -1.14. The first-order valence-corrected chi connectivity index (χ1v) is 5.44. The van der Waals surface area contributed by atoms with E-state index in [1.807, 2.05) is 0 Å². The Morgan fingerprint density at radius 2 is 1.18 bits per heavy atom. The molecule has 0 aliphatic carbocycles. The quantitative estimate of drug-likeness (QED) is 0.434. The van der Waals surface area contributed by atoms with Gasteiger partial charge in [0.1, 0.15) is 0 Å². The molecule has 0 atom stereocenters. The molecule has 0 saturated carbocycles. The van der Waals surface area contributed by atoms with Crippen molar-refractivity contribution in [3.63, 3.8) is 0 Å². The van der Waals surface area contributed by atoms with Gasteiger partial charge in [-0.15, -0.1) is 0 Å². The van der Waals surface area contributed by atoms with Crippen LogP contribution in [-0.4, -0.2) is 63.0 Å². The van der Waals surface area contributed by atoms with E-state index in [1.54, 1.807) is 38.0 Å². The first kappa shape index (κ1) is 15.9. The molecule has 0 amide bonds. The number of hydrogen-bond acceptors (Lipinski definition) is 6. The van der Waals surface area contributed by atoms with Crippen LogP contribution in [0.15, 0.2) is 0 Å². The van der Waals surface area contributed by atoms with E-state index >= 15 is 0 Å². The fourth-order valence-electron chi connectivity index (χ4n) is 1.45. The second kappa shape index (κ2) is 6.56. The van der Waals surface area contributed by atoms with Crippen LogP contribution >= 0.6 is 0 Å². The van der Waals surface area contributed by atoms with Crippen molar-refractivity contribution in [2.45, 2.75) is 12.8 Å². The van der Waals surface area contributed by atoms with E-state index in [9.17, 15) is 19.8 Å². The summed E-state index contributed by atoms with van der Waals surface area (Å²) in [5.74, 6) is -3.14. The SMILES string of the molecule is CN(C)CCC(CCN(C)C)(C(=O)[O-])C(=O)[O-]. The van der Waals surface area contributed by atoms with E-state index in [2.05, 4.69) is 0 Å². The van der Waals surface area contributed by atoms with Gasteiger partial charge in [0.15, 0.2) is 0 Å². The molecule has 0 aromatic carbocycles. The van der Waals surface area contributed by atoms with Crippen molar-refractivity contribution < 1.29 is 19.8 Å². The Kier molecular flexibility index (Phi) is 6.12. The van der Waals surface area contributed by atoms with Crippen LogP contribution in [0.25, 0.3) is 0 Å².